The average Bonchev–Trinajstić information content (AvgIpc) is 2.86. The van der Waals surface area contributed by atoms with Gasteiger partial charge in [0, 0.05) is 6.54 Å². The minimum absolute atomic E-state index is 0.222. The van der Waals surface area contributed by atoms with Crippen LogP contribution in [0.25, 0.3) is 0 Å². The van der Waals surface area contributed by atoms with E-state index in [2.05, 4.69) is 43.4 Å². The van der Waals surface area contributed by atoms with Gasteiger partial charge in [0.2, 0.25) is 0 Å². The number of carbonyl (C=O) groups excluding carboxylic acids is 1. The molecule has 1 N–H and O–H groups in total. The van der Waals surface area contributed by atoms with Gasteiger partial charge in [-0.1, -0.05) is 38.1 Å². The Balaban J connectivity index is 1.82. The zero-order chi connectivity index (χ0) is 14.5. The predicted molar refractivity (Wildman–Crippen MR) is 80.3 cm³/mol. The second-order valence-corrected chi connectivity index (χ2v) is 5.38. The molecular weight excluding hydrogens is 274 g/mol. The van der Waals surface area contributed by atoms with E-state index in [1.54, 1.807) is 12.1 Å². The lowest BCUT2D eigenvalue weighted by Crippen LogP contribution is -2.25. The molecule has 20 heavy (non-hydrogen) atoms. The number of carbonyl (C=O) groups is 1. The van der Waals surface area contributed by atoms with Crippen molar-refractivity contribution in [3.63, 3.8) is 0 Å². The zero-order valence-corrected chi connectivity index (χ0v) is 12.4. The van der Waals surface area contributed by atoms with Crippen molar-refractivity contribution in [2.24, 2.45) is 0 Å². The molecule has 0 aliphatic rings. The lowest BCUT2D eigenvalue weighted by Gasteiger charge is -2.07. The van der Waals surface area contributed by atoms with Crippen LogP contribution in [0.5, 0.6) is 0 Å². The molecule has 0 saturated heterocycles. The molecule has 0 unspecified atom stereocenters. The molecule has 1 amide bonds. The van der Waals surface area contributed by atoms with Gasteiger partial charge >= 0.3 is 0 Å². The van der Waals surface area contributed by atoms with Crippen LogP contribution in [0.4, 0.5) is 0 Å². The van der Waals surface area contributed by atoms with Crippen molar-refractivity contribution >= 4 is 17.5 Å². The second-order valence-electron chi connectivity index (χ2n) is 5.01. The maximum atomic E-state index is 11.7. The highest BCUT2D eigenvalue weighted by atomic mass is 35.5. The number of nitrogens with one attached hydrogen (secondary N) is 1. The molecule has 0 bridgehead atoms. The maximum Gasteiger partial charge on any atom is 0.287 e. The molecule has 4 heteroatoms. The van der Waals surface area contributed by atoms with E-state index in [9.17, 15) is 4.79 Å². The summed E-state index contributed by atoms with van der Waals surface area (Å²) in [6.07, 6.45) is 0.790. The molecule has 3 nitrogen and oxygen atoms in total. The summed E-state index contributed by atoms with van der Waals surface area (Å²) in [4.78, 5) is 11.7. The fourth-order valence-electron chi connectivity index (χ4n) is 1.91. The van der Waals surface area contributed by atoms with Gasteiger partial charge in [-0.3, -0.25) is 4.79 Å². The summed E-state index contributed by atoms with van der Waals surface area (Å²) < 4.78 is 5.04. The molecule has 2 aromatic rings. The number of benzene rings is 1. The van der Waals surface area contributed by atoms with Gasteiger partial charge in [-0.25, -0.2) is 0 Å². The highest BCUT2D eigenvalue weighted by molar-refractivity contribution is 6.29. The molecule has 1 heterocycles. The van der Waals surface area contributed by atoms with Crippen molar-refractivity contribution in [1.29, 1.82) is 0 Å². The fourth-order valence-corrected chi connectivity index (χ4v) is 2.06. The lowest BCUT2D eigenvalue weighted by atomic mass is 10.0. The molecule has 0 fully saturated rings. The maximum absolute atomic E-state index is 11.7. The van der Waals surface area contributed by atoms with Crippen molar-refractivity contribution in [2.75, 3.05) is 6.54 Å². The minimum Gasteiger partial charge on any atom is -0.440 e. The molecule has 106 valence electrons. The number of rotatable bonds is 5. The Labute approximate surface area is 123 Å². The third-order valence-corrected chi connectivity index (χ3v) is 3.35. The summed E-state index contributed by atoms with van der Waals surface area (Å²) >= 11 is 5.63. The standard InChI is InChI=1S/C16H18ClNO2/c1-11(2)13-5-3-12(4-6-13)9-10-18-16(19)14-7-8-15(17)20-14/h3-8,11H,9-10H2,1-2H3,(H,18,19). The van der Waals surface area contributed by atoms with Crippen molar-refractivity contribution < 1.29 is 9.21 Å². The van der Waals surface area contributed by atoms with Crippen LogP contribution in [-0.4, -0.2) is 12.5 Å². The largest absolute Gasteiger partial charge is 0.440 e. The fraction of sp³-hybridized carbons (Fsp3) is 0.312. The molecular formula is C16H18ClNO2. The smallest absolute Gasteiger partial charge is 0.287 e. The first-order valence-electron chi connectivity index (χ1n) is 6.68. The number of amides is 1. The monoisotopic (exact) mass is 291 g/mol. The first-order chi connectivity index (χ1) is 9.56. The van der Waals surface area contributed by atoms with Crippen LogP contribution >= 0.6 is 11.6 Å². The van der Waals surface area contributed by atoms with Crippen LogP contribution in [0.15, 0.2) is 40.8 Å². The highest BCUT2D eigenvalue weighted by Crippen LogP contribution is 2.15. The Morgan fingerprint density at radius 2 is 1.90 bits per heavy atom. The Morgan fingerprint density at radius 1 is 1.20 bits per heavy atom. The summed E-state index contributed by atoms with van der Waals surface area (Å²) in [7, 11) is 0. The number of hydrogen-bond acceptors (Lipinski definition) is 2. The Morgan fingerprint density at radius 3 is 2.45 bits per heavy atom. The van der Waals surface area contributed by atoms with Gasteiger partial charge < -0.3 is 9.73 Å². The first kappa shape index (κ1) is 14.7. The van der Waals surface area contributed by atoms with Gasteiger partial charge in [0.05, 0.1) is 0 Å². The van der Waals surface area contributed by atoms with E-state index in [-0.39, 0.29) is 16.9 Å². The van der Waals surface area contributed by atoms with Gasteiger partial charge in [0.25, 0.3) is 5.91 Å². The Hall–Kier alpha value is -1.74. The molecule has 0 aliphatic carbocycles. The minimum atomic E-state index is -0.240. The normalized spacial score (nSPS) is 10.8. The third-order valence-electron chi connectivity index (χ3n) is 3.14. The van der Waals surface area contributed by atoms with Gasteiger partial charge in [-0.2, -0.15) is 0 Å². The predicted octanol–water partition coefficient (Wildman–Crippen LogP) is 4.03. The average molecular weight is 292 g/mol. The van der Waals surface area contributed by atoms with E-state index in [4.69, 9.17) is 16.0 Å². The second kappa shape index (κ2) is 6.62. The van der Waals surface area contributed by atoms with Crippen LogP contribution in [0, 0.1) is 0 Å². The topological polar surface area (TPSA) is 42.2 Å². The summed E-state index contributed by atoms with van der Waals surface area (Å²) in [6, 6.07) is 11.6. The van der Waals surface area contributed by atoms with E-state index < -0.39 is 0 Å². The SMILES string of the molecule is CC(C)c1ccc(CCNC(=O)c2ccc(Cl)o2)cc1. The number of halogens is 1. The van der Waals surface area contributed by atoms with Crippen LogP contribution in [0.2, 0.25) is 5.22 Å². The van der Waals surface area contributed by atoms with Crippen LogP contribution in [0.3, 0.4) is 0 Å². The number of furan rings is 1. The van der Waals surface area contributed by atoms with Crippen LogP contribution < -0.4 is 5.32 Å². The quantitative estimate of drug-likeness (QED) is 0.904. The van der Waals surface area contributed by atoms with Gasteiger partial charge in [0.1, 0.15) is 0 Å². The molecule has 0 spiro atoms. The third kappa shape index (κ3) is 3.87. The molecule has 0 radical (unpaired) electrons. The van der Waals surface area contributed by atoms with Crippen LogP contribution in [-0.2, 0) is 6.42 Å². The van der Waals surface area contributed by atoms with E-state index in [0.29, 0.717) is 12.5 Å². The lowest BCUT2D eigenvalue weighted by molar-refractivity contribution is 0.0926. The number of hydrogen-bond donors (Lipinski definition) is 1. The molecule has 1 aromatic carbocycles. The van der Waals surface area contributed by atoms with Crippen LogP contribution in [0.1, 0.15) is 41.4 Å². The van der Waals surface area contributed by atoms with Crippen molar-refractivity contribution in [1.82, 2.24) is 5.32 Å². The molecule has 0 atom stereocenters. The van der Waals surface area contributed by atoms with Crippen molar-refractivity contribution in [2.45, 2.75) is 26.2 Å². The summed E-state index contributed by atoms with van der Waals surface area (Å²) in [6.45, 7) is 4.91. The van der Waals surface area contributed by atoms with Gasteiger partial charge in [-0.05, 0) is 47.2 Å². The van der Waals surface area contributed by atoms with E-state index >= 15 is 0 Å². The summed E-state index contributed by atoms with van der Waals surface area (Å²) in [5.41, 5.74) is 2.52. The first-order valence-corrected chi connectivity index (χ1v) is 7.06. The highest BCUT2D eigenvalue weighted by Gasteiger charge is 2.09. The molecule has 0 saturated carbocycles. The van der Waals surface area contributed by atoms with Gasteiger partial charge in [-0.15, -0.1) is 0 Å². The molecule has 2 rings (SSSR count). The van der Waals surface area contributed by atoms with E-state index in [1.165, 1.54) is 11.1 Å². The van der Waals surface area contributed by atoms with E-state index in [0.717, 1.165) is 6.42 Å². The summed E-state index contributed by atoms with van der Waals surface area (Å²) in [5, 5.41) is 3.03. The van der Waals surface area contributed by atoms with Crippen molar-refractivity contribution in [3.8, 4) is 0 Å². The molecule has 0 aliphatic heterocycles. The zero-order valence-electron chi connectivity index (χ0n) is 11.7. The van der Waals surface area contributed by atoms with E-state index in [1.807, 2.05) is 0 Å². The Bertz CT molecular complexity index is 572. The van der Waals surface area contributed by atoms with Gasteiger partial charge in [0.15, 0.2) is 11.0 Å². The Kier molecular flexibility index (Phi) is 4.85. The summed E-state index contributed by atoms with van der Waals surface area (Å²) in [5.74, 6) is 0.535. The van der Waals surface area contributed by atoms with Crippen molar-refractivity contribution in [3.05, 3.63) is 58.5 Å². The molecule has 1 aromatic heterocycles.